The van der Waals surface area contributed by atoms with Gasteiger partial charge in [-0.3, -0.25) is 0 Å². The van der Waals surface area contributed by atoms with Crippen LogP contribution in [0.1, 0.15) is 0 Å². The Kier molecular flexibility index (Phi) is 2.55. The maximum atomic E-state index is 7.28. The van der Waals surface area contributed by atoms with Crippen LogP contribution in [0.25, 0.3) is 0 Å². The third kappa shape index (κ3) is 1.80. The minimum absolute atomic E-state index is 0.0304. The monoisotopic (exact) mass is 244 g/mol. The predicted molar refractivity (Wildman–Crippen MR) is 60.9 cm³/mol. The summed E-state index contributed by atoms with van der Waals surface area (Å²) in [5, 5.41) is 7.28. The second-order valence-electron chi connectivity index (χ2n) is 3.79. The molecule has 0 aromatic rings. The summed E-state index contributed by atoms with van der Waals surface area (Å²) >= 11 is 1.66. The molecule has 7 heteroatoms. The maximum absolute atomic E-state index is 7.28. The van der Waals surface area contributed by atoms with Gasteiger partial charge in [-0.2, -0.15) is 0 Å². The highest BCUT2D eigenvalue weighted by Gasteiger charge is 2.48. The van der Waals surface area contributed by atoms with E-state index in [0.29, 0.717) is 5.84 Å². The number of rotatable bonds is 2. The van der Waals surface area contributed by atoms with Crippen LogP contribution >= 0.6 is 11.8 Å². The number of aliphatic imine (C=N–C) groups is 1. The Morgan fingerprint density at radius 3 is 3.25 bits per heavy atom. The van der Waals surface area contributed by atoms with E-state index in [0.717, 1.165) is 5.75 Å². The molecule has 0 radical (unpaired) electrons. The van der Waals surface area contributed by atoms with Crippen LogP contribution in [0, 0.1) is 0 Å². The predicted octanol–water partition coefficient (Wildman–Crippen LogP) is -1.00. The van der Waals surface area contributed by atoms with Gasteiger partial charge >= 0.3 is 0 Å². The summed E-state index contributed by atoms with van der Waals surface area (Å²) in [6.07, 6.45) is 3.39. The van der Waals surface area contributed by atoms with Crippen molar-refractivity contribution in [3.63, 3.8) is 0 Å². The zero-order chi connectivity index (χ0) is 11.1. The van der Waals surface area contributed by atoms with E-state index in [1.807, 2.05) is 11.1 Å². The Labute approximate surface area is 97.1 Å². The van der Waals surface area contributed by atoms with Gasteiger partial charge in [0.25, 0.3) is 0 Å². The fourth-order valence-electron chi connectivity index (χ4n) is 1.81. The van der Waals surface area contributed by atoms with E-state index in [9.17, 15) is 0 Å². The van der Waals surface area contributed by atoms with Gasteiger partial charge in [-0.1, -0.05) is 0 Å². The van der Waals surface area contributed by atoms with E-state index < -0.39 is 0 Å². The molecular formula is C9H14N3O3S+. The van der Waals surface area contributed by atoms with Gasteiger partial charge in [0.1, 0.15) is 12.1 Å². The number of ether oxygens (including phenoxy) is 2. The summed E-state index contributed by atoms with van der Waals surface area (Å²) < 4.78 is 11.1. The van der Waals surface area contributed by atoms with Gasteiger partial charge in [-0.05, 0) is 6.08 Å². The van der Waals surface area contributed by atoms with E-state index in [1.54, 1.807) is 17.8 Å². The summed E-state index contributed by atoms with van der Waals surface area (Å²) in [5.41, 5.74) is 5.62. The van der Waals surface area contributed by atoms with Crippen molar-refractivity contribution in [1.82, 2.24) is 4.90 Å². The van der Waals surface area contributed by atoms with Crippen LogP contribution in [0.4, 0.5) is 0 Å². The minimum atomic E-state index is -0.154. The molecule has 4 atom stereocenters. The second kappa shape index (κ2) is 3.92. The Morgan fingerprint density at radius 2 is 2.50 bits per heavy atom. The fraction of sp³-hybridized carbons (Fsp3) is 0.667. The Hall–Kier alpha value is -0.760. The summed E-state index contributed by atoms with van der Waals surface area (Å²) in [6, 6.07) is 0. The van der Waals surface area contributed by atoms with Gasteiger partial charge in [-0.25, -0.2) is 4.99 Å². The first-order valence-corrected chi connectivity index (χ1v) is 6.19. The van der Waals surface area contributed by atoms with Gasteiger partial charge in [0, 0.05) is 12.0 Å². The number of hydrogen-bond donors (Lipinski definition) is 1. The van der Waals surface area contributed by atoms with Gasteiger partial charge in [0.15, 0.2) is 24.5 Å². The molecule has 6 nitrogen and oxygen atoms in total. The SMILES string of the molecule is NC1=NC2OC2N([C@@H]2CS[C@H](C[OH2+])O2)C=C1. The van der Waals surface area contributed by atoms with Crippen molar-refractivity contribution in [2.24, 2.45) is 10.7 Å². The average molecular weight is 244 g/mol. The number of amidine groups is 1. The molecule has 0 spiro atoms. The van der Waals surface area contributed by atoms with Crippen molar-refractivity contribution in [3.8, 4) is 0 Å². The zero-order valence-corrected chi connectivity index (χ0v) is 9.39. The van der Waals surface area contributed by atoms with Crippen molar-refractivity contribution in [2.75, 3.05) is 12.4 Å². The van der Waals surface area contributed by atoms with Crippen molar-refractivity contribution >= 4 is 17.6 Å². The molecule has 3 rings (SSSR count). The first-order chi connectivity index (χ1) is 7.78. The summed E-state index contributed by atoms with van der Waals surface area (Å²) in [7, 11) is 0. The van der Waals surface area contributed by atoms with E-state index in [-0.39, 0.29) is 30.7 Å². The molecule has 4 N–H and O–H groups in total. The molecule has 88 valence electrons. The van der Waals surface area contributed by atoms with Gasteiger partial charge < -0.3 is 25.2 Å². The third-order valence-corrected chi connectivity index (χ3v) is 3.79. The highest BCUT2D eigenvalue weighted by Crippen LogP contribution is 2.35. The van der Waals surface area contributed by atoms with Gasteiger partial charge in [0.05, 0.1) is 0 Å². The molecule has 2 saturated heterocycles. The standard InChI is InChI=1S/C9H13N3O3S/c10-5-1-2-12(9-8(11-5)15-9)6-4-16-7(3-13)14-6/h1-2,6-9,13H,3-4H2,(H2,10,11)/p+1/t6-,7+,8?,9?/m0/s1. The van der Waals surface area contributed by atoms with E-state index in [4.69, 9.17) is 20.3 Å². The molecule has 3 heterocycles. The Bertz CT molecular complexity index is 349. The smallest absolute Gasteiger partial charge is 0.198 e. The molecule has 16 heavy (non-hydrogen) atoms. The molecule has 0 saturated carbocycles. The van der Waals surface area contributed by atoms with Crippen LogP contribution in [0.2, 0.25) is 0 Å². The molecule has 0 aliphatic carbocycles. The molecule has 3 aliphatic rings. The number of epoxide rings is 1. The molecule has 0 aromatic heterocycles. The highest BCUT2D eigenvalue weighted by molar-refractivity contribution is 8.00. The first-order valence-electron chi connectivity index (χ1n) is 5.14. The lowest BCUT2D eigenvalue weighted by atomic mass is 10.4. The molecule has 2 fully saturated rings. The molecular weight excluding hydrogens is 230 g/mol. The van der Waals surface area contributed by atoms with Crippen LogP contribution in [0.3, 0.4) is 0 Å². The summed E-state index contributed by atoms with van der Waals surface area (Å²) in [4.78, 5) is 6.15. The van der Waals surface area contributed by atoms with E-state index in [1.165, 1.54) is 0 Å². The van der Waals surface area contributed by atoms with E-state index in [2.05, 4.69) is 4.99 Å². The average Bonchev–Trinajstić information content (AvgIpc) is 2.88. The van der Waals surface area contributed by atoms with Crippen molar-refractivity contribution in [1.29, 1.82) is 0 Å². The van der Waals surface area contributed by atoms with E-state index >= 15 is 0 Å². The lowest BCUT2D eigenvalue weighted by Crippen LogP contribution is -2.36. The van der Waals surface area contributed by atoms with Crippen LogP contribution in [-0.2, 0) is 9.47 Å². The number of hydrogen-bond acceptors (Lipinski definition) is 6. The van der Waals surface area contributed by atoms with Crippen LogP contribution in [-0.4, -0.2) is 52.3 Å². The lowest BCUT2D eigenvalue weighted by Gasteiger charge is -2.23. The van der Waals surface area contributed by atoms with Crippen molar-refractivity contribution in [2.45, 2.75) is 24.1 Å². The number of nitrogens with two attached hydrogens (primary N) is 1. The van der Waals surface area contributed by atoms with Crippen LogP contribution in [0.5, 0.6) is 0 Å². The fourth-order valence-corrected chi connectivity index (χ4v) is 2.77. The zero-order valence-electron chi connectivity index (χ0n) is 8.57. The maximum Gasteiger partial charge on any atom is 0.198 e. The summed E-state index contributed by atoms with van der Waals surface area (Å²) in [5.74, 6) is 1.33. The largest absolute Gasteiger partial charge is 0.443 e. The van der Waals surface area contributed by atoms with Crippen LogP contribution in [0.15, 0.2) is 17.3 Å². The third-order valence-electron chi connectivity index (χ3n) is 2.67. The highest BCUT2D eigenvalue weighted by atomic mass is 32.2. The summed E-state index contributed by atoms with van der Waals surface area (Å²) in [6.45, 7) is 0.284. The molecule has 0 bridgehead atoms. The van der Waals surface area contributed by atoms with Gasteiger partial charge in [-0.15, -0.1) is 11.8 Å². The van der Waals surface area contributed by atoms with Crippen molar-refractivity contribution < 1.29 is 14.6 Å². The molecule has 2 unspecified atom stereocenters. The lowest BCUT2D eigenvalue weighted by molar-refractivity contribution is -0.0505. The molecule has 0 aromatic carbocycles. The van der Waals surface area contributed by atoms with Gasteiger partial charge in [0.2, 0.25) is 0 Å². The van der Waals surface area contributed by atoms with Crippen molar-refractivity contribution in [3.05, 3.63) is 12.3 Å². The minimum Gasteiger partial charge on any atom is -0.443 e. The quantitative estimate of drug-likeness (QED) is 0.497. The first kappa shape index (κ1) is 10.4. The topological polar surface area (TPSA) is 86.3 Å². The molecule has 0 amide bonds. The molecule has 3 aliphatic heterocycles. The Morgan fingerprint density at radius 1 is 1.62 bits per heavy atom. The Balaban J connectivity index is 1.70. The number of fused-ring (bicyclic) bond motifs is 1. The second-order valence-corrected chi connectivity index (χ2v) is 4.98. The normalized spacial score (nSPS) is 41.6. The van der Waals surface area contributed by atoms with Crippen LogP contribution < -0.4 is 5.73 Å². The number of thioether (sulfide) groups is 1. The number of nitrogens with zero attached hydrogens (tertiary/aromatic N) is 2.